The average Bonchev–Trinajstić information content (AvgIpc) is 3.06. The van der Waals surface area contributed by atoms with Gasteiger partial charge < -0.3 is 10.1 Å². The van der Waals surface area contributed by atoms with Crippen LogP contribution in [0.15, 0.2) is 54.6 Å². The van der Waals surface area contributed by atoms with Crippen LogP contribution < -0.4 is 5.32 Å². The number of hydrogen-bond donors (Lipinski definition) is 1. The second-order valence-electron chi connectivity index (χ2n) is 5.84. The number of benzene rings is 2. The molecule has 0 aliphatic heterocycles. The molecule has 138 valence electrons. The predicted octanol–water partition coefficient (Wildman–Crippen LogP) is 4.44. The van der Waals surface area contributed by atoms with Crippen molar-refractivity contribution >= 4 is 28.9 Å². The summed E-state index contributed by atoms with van der Waals surface area (Å²) in [5.41, 5.74) is 1.88. The van der Waals surface area contributed by atoms with Gasteiger partial charge in [-0.15, -0.1) is 11.3 Å². The summed E-state index contributed by atoms with van der Waals surface area (Å²) in [6, 6.07) is 14.8. The molecule has 0 radical (unpaired) electrons. The van der Waals surface area contributed by atoms with Crippen LogP contribution in [0.5, 0.6) is 0 Å². The van der Waals surface area contributed by atoms with E-state index < -0.39 is 23.8 Å². The fourth-order valence-electron chi connectivity index (χ4n) is 2.33. The van der Waals surface area contributed by atoms with Crippen molar-refractivity contribution < 1.29 is 18.7 Å². The molecule has 0 unspecified atom stereocenters. The molecule has 27 heavy (non-hydrogen) atoms. The summed E-state index contributed by atoms with van der Waals surface area (Å²) in [6.45, 7) is 3.20. The Labute approximate surface area is 159 Å². The molecular formula is C20H17FN2O3S. The van der Waals surface area contributed by atoms with E-state index in [4.69, 9.17) is 4.74 Å². The fraction of sp³-hybridized carbons (Fsp3) is 0.150. The molecule has 1 N–H and O–H groups in total. The van der Waals surface area contributed by atoms with Crippen LogP contribution in [0.25, 0.3) is 10.6 Å². The van der Waals surface area contributed by atoms with Gasteiger partial charge in [0.05, 0.1) is 5.69 Å². The highest BCUT2D eigenvalue weighted by Crippen LogP contribution is 2.28. The van der Waals surface area contributed by atoms with Crippen molar-refractivity contribution in [3.05, 3.63) is 71.0 Å². The molecule has 0 aliphatic rings. The smallest absolute Gasteiger partial charge is 0.351 e. The van der Waals surface area contributed by atoms with Crippen molar-refractivity contribution in [2.75, 3.05) is 5.32 Å². The number of anilines is 1. The average molecular weight is 384 g/mol. The van der Waals surface area contributed by atoms with Crippen LogP contribution in [0.3, 0.4) is 0 Å². The van der Waals surface area contributed by atoms with Gasteiger partial charge in [0.25, 0.3) is 5.91 Å². The summed E-state index contributed by atoms with van der Waals surface area (Å²) < 4.78 is 18.2. The molecule has 0 aliphatic carbocycles. The molecule has 0 spiro atoms. The number of esters is 1. The van der Waals surface area contributed by atoms with Crippen molar-refractivity contribution in [3.8, 4) is 10.6 Å². The first kappa shape index (κ1) is 18.7. The third-order valence-corrected chi connectivity index (χ3v) is 4.95. The Morgan fingerprint density at radius 2 is 1.78 bits per heavy atom. The van der Waals surface area contributed by atoms with Crippen LogP contribution in [0.4, 0.5) is 10.1 Å². The summed E-state index contributed by atoms with van der Waals surface area (Å²) in [7, 11) is 0. The van der Waals surface area contributed by atoms with Gasteiger partial charge in [-0.05, 0) is 38.1 Å². The van der Waals surface area contributed by atoms with E-state index in [1.807, 2.05) is 30.3 Å². The number of nitrogens with zero attached hydrogens (tertiary/aromatic N) is 1. The molecule has 3 rings (SSSR count). The molecule has 7 heteroatoms. The van der Waals surface area contributed by atoms with Crippen LogP contribution in [0, 0.1) is 12.7 Å². The normalized spacial score (nSPS) is 11.7. The summed E-state index contributed by atoms with van der Waals surface area (Å²) in [5, 5.41) is 3.29. The first-order valence-electron chi connectivity index (χ1n) is 8.24. The number of thiazole rings is 1. The minimum atomic E-state index is -1.01. The van der Waals surface area contributed by atoms with E-state index in [0.29, 0.717) is 21.3 Å². The predicted molar refractivity (Wildman–Crippen MR) is 102 cm³/mol. The molecule has 1 aromatic heterocycles. The number of carbonyl (C=O) groups excluding carboxylic acids is 2. The van der Waals surface area contributed by atoms with Crippen molar-refractivity contribution in [2.45, 2.75) is 20.0 Å². The van der Waals surface area contributed by atoms with E-state index in [-0.39, 0.29) is 0 Å². The molecule has 5 nitrogen and oxygen atoms in total. The van der Waals surface area contributed by atoms with Gasteiger partial charge >= 0.3 is 5.97 Å². The molecule has 0 saturated heterocycles. The third-order valence-electron chi connectivity index (χ3n) is 3.77. The van der Waals surface area contributed by atoms with Gasteiger partial charge in [0.15, 0.2) is 6.10 Å². The number of rotatable bonds is 5. The van der Waals surface area contributed by atoms with Crippen LogP contribution >= 0.6 is 11.3 Å². The summed E-state index contributed by atoms with van der Waals surface area (Å²) in [4.78, 5) is 29.4. The van der Waals surface area contributed by atoms with Crippen molar-refractivity contribution in [1.82, 2.24) is 4.98 Å². The number of aromatic nitrogens is 1. The Balaban J connectivity index is 1.67. The number of hydrogen-bond acceptors (Lipinski definition) is 5. The number of amides is 1. The first-order chi connectivity index (χ1) is 12.9. The Kier molecular flexibility index (Phi) is 5.61. The molecule has 0 saturated carbocycles. The number of nitrogens with one attached hydrogen (secondary N) is 1. The van der Waals surface area contributed by atoms with Gasteiger partial charge in [-0.1, -0.05) is 30.3 Å². The number of aryl methyl sites for hydroxylation is 1. The van der Waals surface area contributed by atoms with Crippen LogP contribution in [-0.2, 0) is 9.53 Å². The monoisotopic (exact) mass is 384 g/mol. The van der Waals surface area contributed by atoms with E-state index in [0.717, 1.165) is 5.56 Å². The molecule has 0 fully saturated rings. The van der Waals surface area contributed by atoms with Crippen molar-refractivity contribution in [3.63, 3.8) is 0 Å². The van der Waals surface area contributed by atoms with Gasteiger partial charge in [-0.3, -0.25) is 4.79 Å². The minimum Gasteiger partial charge on any atom is -0.448 e. The van der Waals surface area contributed by atoms with E-state index >= 15 is 0 Å². The highest BCUT2D eigenvalue weighted by Gasteiger charge is 2.23. The molecule has 3 aromatic rings. The standard InChI is InChI=1S/C20H17FN2O3S/c1-12-17(27-19(22-12)14-6-4-3-5-7-14)20(25)26-13(2)18(24)23-16-10-8-15(21)9-11-16/h3-11,13H,1-2H3,(H,23,24)/t13-/m1/s1. The molecule has 1 heterocycles. The van der Waals surface area contributed by atoms with Gasteiger partial charge in [0.1, 0.15) is 15.7 Å². The largest absolute Gasteiger partial charge is 0.448 e. The lowest BCUT2D eigenvalue weighted by molar-refractivity contribution is -0.123. The van der Waals surface area contributed by atoms with Gasteiger partial charge in [0, 0.05) is 11.3 Å². The van der Waals surface area contributed by atoms with E-state index in [9.17, 15) is 14.0 Å². The number of halogens is 1. The van der Waals surface area contributed by atoms with Crippen LogP contribution in [-0.4, -0.2) is 23.0 Å². The Hall–Kier alpha value is -3.06. The fourth-order valence-corrected chi connectivity index (χ4v) is 3.29. The van der Waals surface area contributed by atoms with Crippen LogP contribution in [0.1, 0.15) is 22.3 Å². The summed E-state index contributed by atoms with van der Waals surface area (Å²) in [5.74, 6) is -1.50. The van der Waals surface area contributed by atoms with Crippen LogP contribution in [0.2, 0.25) is 0 Å². The minimum absolute atomic E-state index is 0.357. The topological polar surface area (TPSA) is 68.3 Å². The summed E-state index contributed by atoms with van der Waals surface area (Å²) in [6.07, 6.45) is -1.01. The third kappa shape index (κ3) is 4.57. The van der Waals surface area contributed by atoms with E-state index in [1.165, 1.54) is 42.5 Å². The lowest BCUT2D eigenvalue weighted by atomic mass is 10.2. The van der Waals surface area contributed by atoms with Crippen molar-refractivity contribution in [2.24, 2.45) is 0 Å². The highest BCUT2D eigenvalue weighted by atomic mass is 32.1. The molecule has 2 aromatic carbocycles. The second-order valence-corrected chi connectivity index (χ2v) is 6.84. The molecule has 0 bridgehead atoms. The summed E-state index contributed by atoms with van der Waals surface area (Å²) >= 11 is 1.22. The first-order valence-corrected chi connectivity index (χ1v) is 9.06. The number of carbonyl (C=O) groups is 2. The highest BCUT2D eigenvalue weighted by molar-refractivity contribution is 7.17. The maximum Gasteiger partial charge on any atom is 0.351 e. The maximum absolute atomic E-state index is 12.9. The Morgan fingerprint density at radius 3 is 2.44 bits per heavy atom. The molecular weight excluding hydrogens is 367 g/mol. The zero-order valence-electron chi connectivity index (χ0n) is 14.7. The lowest BCUT2D eigenvalue weighted by Gasteiger charge is -2.13. The van der Waals surface area contributed by atoms with Crippen molar-refractivity contribution in [1.29, 1.82) is 0 Å². The Bertz CT molecular complexity index is 955. The van der Waals surface area contributed by atoms with Gasteiger partial charge in [-0.25, -0.2) is 14.2 Å². The Morgan fingerprint density at radius 1 is 1.11 bits per heavy atom. The zero-order valence-corrected chi connectivity index (χ0v) is 15.5. The molecule has 1 atom stereocenters. The van der Waals surface area contributed by atoms with Gasteiger partial charge in [-0.2, -0.15) is 0 Å². The van der Waals surface area contributed by atoms with E-state index in [1.54, 1.807) is 6.92 Å². The molecule has 1 amide bonds. The SMILES string of the molecule is Cc1nc(-c2ccccc2)sc1C(=O)O[C@H](C)C(=O)Nc1ccc(F)cc1. The second kappa shape index (κ2) is 8.09. The van der Waals surface area contributed by atoms with Gasteiger partial charge in [0.2, 0.25) is 0 Å². The maximum atomic E-state index is 12.9. The van der Waals surface area contributed by atoms with E-state index in [2.05, 4.69) is 10.3 Å². The number of ether oxygens (including phenoxy) is 1. The zero-order chi connectivity index (χ0) is 19.4. The lowest BCUT2D eigenvalue weighted by Crippen LogP contribution is -2.29. The quantitative estimate of drug-likeness (QED) is 0.660.